The summed E-state index contributed by atoms with van der Waals surface area (Å²) in [4.78, 5) is 13.1. The van der Waals surface area contributed by atoms with Gasteiger partial charge in [-0.3, -0.25) is 4.79 Å². The fourth-order valence-electron chi connectivity index (χ4n) is 2.02. The number of hydrogen-bond acceptors (Lipinski definition) is 4. The Kier molecular flexibility index (Phi) is 7.62. The molecule has 0 aromatic heterocycles. The topological polar surface area (TPSA) is 38.3 Å². The first-order valence-corrected chi connectivity index (χ1v) is 8.51. The van der Waals surface area contributed by atoms with Crippen molar-refractivity contribution in [2.24, 2.45) is 0 Å². The molecule has 0 bridgehead atoms. The molecule has 1 rings (SSSR count). The summed E-state index contributed by atoms with van der Waals surface area (Å²) in [6, 6.07) is 8.27. The lowest BCUT2D eigenvalue weighted by Gasteiger charge is -2.27. The molecule has 0 heterocycles. The summed E-state index contributed by atoms with van der Waals surface area (Å²) in [5.41, 5.74) is -0.580. The third-order valence-corrected chi connectivity index (χ3v) is 4.73. The molecule has 0 fully saturated rings. The van der Waals surface area contributed by atoms with Gasteiger partial charge in [-0.15, -0.1) is 11.8 Å². The highest BCUT2D eigenvalue weighted by molar-refractivity contribution is 9.10. The summed E-state index contributed by atoms with van der Waals surface area (Å²) in [5.74, 6) is 0.799. The molecule has 0 aliphatic rings. The average molecular weight is 360 g/mol. The maximum Gasteiger partial charge on any atom is 0.325 e. The minimum Gasteiger partial charge on any atom is -0.468 e. The number of halogens is 1. The number of carbonyl (C=O) groups is 1. The fraction of sp³-hybridized carbons (Fsp3) is 0.533. The molecule has 0 spiro atoms. The molecule has 0 saturated heterocycles. The number of hydrogen-bond donors (Lipinski definition) is 1. The SMILES string of the molecule is CCNC(C)(CCCSc1ccc(Br)cc1)C(=O)OC. The van der Waals surface area contributed by atoms with E-state index in [-0.39, 0.29) is 5.97 Å². The van der Waals surface area contributed by atoms with E-state index in [1.807, 2.05) is 26.0 Å². The maximum atomic E-state index is 11.8. The Hall–Kier alpha value is -0.520. The zero-order valence-electron chi connectivity index (χ0n) is 12.2. The van der Waals surface area contributed by atoms with Crippen molar-refractivity contribution in [2.75, 3.05) is 19.4 Å². The number of rotatable bonds is 8. The van der Waals surface area contributed by atoms with Crippen molar-refractivity contribution >= 4 is 33.7 Å². The fourth-order valence-corrected chi connectivity index (χ4v) is 3.14. The molecule has 1 aromatic carbocycles. The molecule has 1 N–H and O–H groups in total. The van der Waals surface area contributed by atoms with Crippen molar-refractivity contribution in [3.8, 4) is 0 Å². The first-order valence-electron chi connectivity index (χ1n) is 6.73. The van der Waals surface area contributed by atoms with Crippen LogP contribution in [0.25, 0.3) is 0 Å². The van der Waals surface area contributed by atoms with Crippen LogP contribution in [0.15, 0.2) is 33.6 Å². The van der Waals surface area contributed by atoms with Crippen molar-refractivity contribution < 1.29 is 9.53 Å². The van der Waals surface area contributed by atoms with Gasteiger partial charge in [-0.1, -0.05) is 22.9 Å². The number of benzene rings is 1. The van der Waals surface area contributed by atoms with Crippen molar-refractivity contribution in [3.05, 3.63) is 28.7 Å². The van der Waals surface area contributed by atoms with Crippen LogP contribution >= 0.6 is 27.7 Å². The van der Waals surface area contributed by atoms with Gasteiger partial charge in [-0.05, 0) is 56.3 Å². The standard InChI is InChI=1S/C15H22BrNO2S/c1-4-17-15(2,14(18)19-3)10-5-11-20-13-8-6-12(16)7-9-13/h6-9,17H,4-5,10-11H2,1-3H3. The Morgan fingerprint density at radius 1 is 1.40 bits per heavy atom. The van der Waals surface area contributed by atoms with E-state index in [1.54, 1.807) is 11.8 Å². The Bertz CT molecular complexity index is 424. The second kappa shape index (κ2) is 8.70. The highest BCUT2D eigenvalue weighted by atomic mass is 79.9. The van der Waals surface area contributed by atoms with Crippen LogP contribution in [0.3, 0.4) is 0 Å². The van der Waals surface area contributed by atoms with Gasteiger partial charge in [0.25, 0.3) is 0 Å². The smallest absolute Gasteiger partial charge is 0.325 e. The summed E-state index contributed by atoms with van der Waals surface area (Å²) >= 11 is 5.23. The lowest BCUT2D eigenvalue weighted by atomic mass is 9.96. The van der Waals surface area contributed by atoms with Gasteiger partial charge in [0, 0.05) is 9.37 Å². The molecule has 5 heteroatoms. The van der Waals surface area contributed by atoms with Gasteiger partial charge in [-0.25, -0.2) is 0 Å². The van der Waals surface area contributed by atoms with Crippen LogP contribution in [0, 0.1) is 0 Å². The normalized spacial score (nSPS) is 13.8. The first-order chi connectivity index (χ1) is 9.51. The van der Waals surface area contributed by atoms with Crippen LogP contribution in [0.1, 0.15) is 26.7 Å². The summed E-state index contributed by atoms with van der Waals surface area (Å²) < 4.78 is 5.97. The second-order valence-electron chi connectivity index (χ2n) is 4.76. The lowest BCUT2D eigenvalue weighted by Crippen LogP contribution is -2.50. The van der Waals surface area contributed by atoms with E-state index in [0.717, 1.165) is 29.6 Å². The molecule has 0 radical (unpaired) electrons. The summed E-state index contributed by atoms with van der Waals surface area (Å²) in [5, 5.41) is 3.23. The zero-order chi connectivity index (χ0) is 15.0. The number of methoxy groups -OCH3 is 1. The van der Waals surface area contributed by atoms with Crippen LogP contribution in [-0.4, -0.2) is 30.9 Å². The lowest BCUT2D eigenvalue weighted by molar-refractivity contribution is -0.148. The zero-order valence-corrected chi connectivity index (χ0v) is 14.6. The predicted molar refractivity (Wildman–Crippen MR) is 88.2 cm³/mol. The molecular formula is C15H22BrNO2S. The van der Waals surface area contributed by atoms with E-state index in [0.29, 0.717) is 0 Å². The van der Waals surface area contributed by atoms with Gasteiger partial charge in [0.1, 0.15) is 5.54 Å². The maximum absolute atomic E-state index is 11.8. The van der Waals surface area contributed by atoms with Crippen LogP contribution in [-0.2, 0) is 9.53 Å². The van der Waals surface area contributed by atoms with Crippen molar-refractivity contribution in [1.82, 2.24) is 5.32 Å². The van der Waals surface area contributed by atoms with E-state index in [9.17, 15) is 4.79 Å². The largest absolute Gasteiger partial charge is 0.468 e. The number of carbonyl (C=O) groups excluding carboxylic acids is 1. The quantitative estimate of drug-likeness (QED) is 0.434. The Balaban J connectivity index is 2.41. The number of thioether (sulfide) groups is 1. The van der Waals surface area contributed by atoms with Crippen molar-refractivity contribution in [1.29, 1.82) is 0 Å². The summed E-state index contributed by atoms with van der Waals surface area (Å²) in [6.45, 7) is 4.66. The van der Waals surface area contributed by atoms with E-state index in [1.165, 1.54) is 12.0 Å². The highest BCUT2D eigenvalue weighted by Crippen LogP contribution is 2.23. The number of nitrogens with one attached hydrogen (secondary N) is 1. The summed E-state index contributed by atoms with van der Waals surface area (Å²) in [6.07, 6.45) is 1.73. The number of ether oxygens (including phenoxy) is 1. The Morgan fingerprint density at radius 3 is 2.60 bits per heavy atom. The monoisotopic (exact) mass is 359 g/mol. The van der Waals surface area contributed by atoms with E-state index >= 15 is 0 Å². The van der Waals surface area contributed by atoms with Crippen molar-refractivity contribution in [3.63, 3.8) is 0 Å². The van der Waals surface area contributed by atoms with E-state index < -0.39 is 5.54 Å². The molecule has 0 aliphatic carbocycles. The molecule has 3 nitrogen and oxygen atoms in total. The highest BCUT2D eigenvalue weighted by Gasteiger charge is 2.32. The Morgan fingerprint density at radius 2 is 2.05 bits per heavy atom. The molecule has 0 amide bonds. The molecule has 20 heavy (non-hydrogen) atoms. The molecule has 112 valence electrons. The minimum absolute atomic E-state index is 0.187. The van der Waals surface area contributed by atoms with Gasteiger partial charge in [0.05, 0.1) is 7.11 Å². The van der Waals surface area contributed by atoms with E-state index in [2.05, 4.69) is 33.4 Å². The molecule has 1 atom stereocenters. The average Bonchev–Trinajstić information content (AvgIpc) is 2.45. The van der Waals surface area contributed by atoms with Crippen LogP contribution in [0.5, 0.6) is 0 Å². The molecule has 1 unspecified atom stereocenters. The second-order valence-corrected chi connectivity index (χ2v) is 6.84. The third kappa shape index (κ3) is 5.46. The van der Waals surface area contributed by atoms with Crippen LogP contribution in [0.2, 0.25) is 0 Å². The van der Waals surface area contributed by atoms with E-state index in [4.69, 9.17) is 4.74 Å². The number of esters is 1. The van der Waals surface area contributed by atoms with Gasteiger partial charge >= 0.3 is 5.97 Å². The Labute approximate surface area is 134 Å². The van der Waals surface area contributed by atoms with Crippen LogP contribution < -0.4 is 5.32 Å². The summed E-state index contributed by atoms with van der Waals surface area (Å²) in [7, 11) is 1.44. The number of likely N-dealkylation sites (N-methyl/N-ethyl adjacent to an activating group) is 1. The van der Waals surface area contributed by atoms with Crippen LogP contribution in [0.4, 0.5) is 0 Å². The molecule has 0 aliphatic heterocycles. The third-order valence-electron chi connectivity index (χ3n) is 3.11. The molecule has 1 aromatic rings. The van der Waals surface area contributed by atoms with Crippen molar-refractivity contribution in [2.45, 2.75) is 37.1 Å². The first kappa shape index (κ1) is 17.5. The van der Waals surface area contributed by atoms with Gasteiger partial charge in [-0.2, -0.15) is 0 Å². The minimum atomic E-state index is -0.580. The van der Waals surface area contributed by atoms with Gasteiger partial charge < -0.3 is 10.1 Å². The molecular weight excluding hydrogens is 338 g/mol. The van der Waals surface area contributed by atoms with Gasteiger partial charge in [0.2, 0.25) is 0 Å². The van der Waals surface area contributed by atoms with Gasteiger partial charge in [0.15, 0.2) is 0 Å². The molecule has 0 saturated carbocycles. The predicted octanol–water partition coefficient (Wildman–Crippen LogP) is 3.86.